The minimum atomic E-state index is -0.528. The highest BCUT2D eigenvalue weighted by Crippen LogP contribution is 2.46. The van der Waals surface area contributed by atoms with Gasteiger partial charge in [0.2, 0.25) is 5.91 Å². The van der Waals surface area contributed by atoms with Gasteiger partial charge >= 0.3 is 0 Å². The second-order valence-electron chi connectivity index (χ2n) is 4.62. The molecule has 1 N–H and O–H groups in total. The molecule has 1 aromatic rings. The second-order valence-corrected chi connectivity index (χ2v) is 5.54. The Morgan fingerprint density at radius 2 is 2.00 bits per heavy atom. The zero-order chi connectivity index (χ0) is 12.0. The first-order chi connectivity index (χ1) is 8.12. The van der Waals surface area contributed by atoms with Gasteiger partial charge in [0.25, 0.3) is 0 Å². The Labute approximate surface area is 107 Å². The molecule has 4 nitrogen and oxygen atoms in total. The summed E-state index contributed by atoms with van der Waals surface area (Å²) in [4.78, 5) is 27.7. The summed E-state index contributed by atoms with van der Waals surface area (Å²) in [5.74, 6) is 0.887. The molecular formula is C12H11BrN2O2. The Morgan fingerprint density at radius 1 is 1.29 bits per heavy atom. The Kier molecular flexibility index (Phi) is 2.33. The van der Waals surface area contributed by atoms with Crippen LogP contribution in [-0.4, -0.2) is 16.7 Å². The van der Waals surface area contributed by atoms with Crippen LogP contribution in [0, 0.1) is 0 Å². The maximum atomic E-state index is 12.1. The number of hydrogen-bond donors (Lipinski definition) is 1. The van der Waals surface area contributed by atoms with Gasteiger partial charge in [-0.05, 0) is 34.8 Å². The van der Waals surface area contributed by atoms with Crippen LogP contribution < -0.4 is 5.32 Å². The van der Waals surface area contributed by atoms with Crippen molar-refractivity contribution in [3.05, 3.63) is 22.3 Å². The maximum Gasteiger partial charge on any atom is 0.236 e. The van der Waals surface area contributed by atoms with Gasteiger partial charge < -0.3 is 5.32 Å². The van der Waals surface area contributed by atoms with Gasteiger partial charge in [0.05, 0.1) is 5.41 Å². The van der Waals surface area contributed by atoms with Gasteiger partial charge in [-0.3, -0.25) is 9.59 Å². The predicted molar refractivity (Wildman–Crippen MR) is 65.7 cm³/mol. The Bertz CT molecular complexity index is 517. The first-order valence-corrected chi connectivity index (χ1v) is 6.40. The van der Waals surface area contributed by atoms with E-state index in [9.17, 15) is 9.59 Å². The van der Waals surface area contributed by atoms with Gasteiger partial charge in [-0.15, -0.1) is 0 Å². The number of halogens is 1. The number of hydrogen-bond acceptors (Lipinski definition) is 3. The lowest BCUT2D eigenvalue weighted by molar-refractivity contribution is -0.126. The van der Waals surface area contributed by atoms with Gasteiger partial charge in [-0.25, -0.2) is 4.98 Å². The summed E-state index contributed by atoms with van der Waals surface area (Å²) in [6, 6.07) is 1.94. The average Bonchev–Trinajstić information content (AvgIpc) is 2.57. The van der Waals surface area contributed by atoms with E-state index in [-0.39, 0.29) is 11.7 Å². The van der Waals surface area contributed by atoms with E-state index in [0.717, 1.165) is 10.0 Å². The van der Waals surface area contributed by atoms with Crippen LogP contribution in [0.3, 0.4) is 0 Å². The number of carbonyl (C=O) groups excluding carboxylic acids is 2. The van der Waals surface area contributed by atoms with Crippen molar-refractivity contribution in [2.75, 3.05) is 5.32 Å². The highest BCUT2D eigenvalue weighted by atomic mass is 79.9. The molecule has 5 heteroatoms. The van der Waals surface area contributed by atoms with Crippen LogP contribution in [0.5, 0.6) is 0 Å². The summed E-state index contributed by atoms with van der Waals surface area (Å²) in [6.45, 7) is 0. The number of carbonyl (C=O) groups is 2. The van der Waals surface area contributed by atoms with Crippen molar-refractivity contribution in [1.29, 1.82) is 0 Å². The molecule has 0 bridgehead atoms. The van der Waals surface area contributed by atoms with Crippen LogP contribution in [0.4, 0.5) is 5.82 Å². The SMILES string of the molecule is O=C1CCC2(CC1)C(=O)Nc1ncc(Br)cc12. The molecule has 1 aliphatic heterocycles. The first kappa shape index (κ1) is 10.9. The summed E-state index contributed by atoms with van der Waals surface area (Å²) in [5.41, 5.74) is 0.407. The van der Waals surface area contributed by atoms with Gasteiger partial charge in [0.1, 0.15) is 11.6 Å². The molecular weight excluding hydrogens is 284 g/mol. The third kappa shape index (κ3) is 1.52. The molecule has 0 saturated heterocycles. The fraction of sp³-hybridized carbons (Fsp3) is 0.417. The summed E-state index contributed by atoms with van der Waals surface area (Å²) in [7, 11) is 0. The normalized spacial score (nSPS) is 21.5. The van der Waals surface area contributed by atoms with Crippen molar-refractivity contribution in [2.45, 2.75) is 31.1 Å². The standard InChI is InChI=1S/C12H11BrN2O2/c13-7-5-9-10(14-6-7)15-11(17)12(9)3-1-8(16)2-4-12/h5-6H,1-4H2,(H,14,15,17). The molecule has 1 spiro atoms. The fourth-order valence-electron chi connectivity index (χ4n) is 2.71. The van der Waals surface area contributed by atoms with E-state index in [0.29, 0.717) is 31.5 Å². The van der Waals surface area contributed by atoms with Crippen molar-refractivity contribution in [2.24, 2.45) is 0 Å². The number of rotatable bonds is 0. The second kappa shape index (κ2) is 3.63. The lowest BCUT2D eigenvalue weighted by atomic mass is 9.70. The average molecular weight is 295 g/mol. The van der Waals surface area contributed by atoms with E-state index >= 15 is 0 Å². The monoisotopic (exact) mass is 294 g/mol. The largest absolute Gasteiger partial charge is 0.310 e. The minimum Gasteiger partial charge on any atom is -0.310 e. The molecule has 17 heavy (non-hydrogen) atoms. The zero-order valence-electron chi connectivity index (χ0n) is 9.12. The van der Waals surface area contributed by atoms with Gasteiger partial charge in [-0.2, -0.15) is 0 Å². The van der Waals surface area contributed by atoms with Crippen LogP contribution in [-0.2, 0) is 15.0 Å². The van der Waals surface area contributed by atoms with Gasteiger partial charge in [0, 0.05) is 29.1 Å². The Morgan fingerprint density at radius 3 is 2.71 bits per heavy atom. The predicted octanol–water partition coefficient (Wildman–Crippen LogP) is 2.18. The van der Waals surface area contributed by atoms with Crippen molar-refractivity contribution < 1.29 is 9.59 Å². The Balaban J connectivity index is 2.09. The molecule has 0 radical (unpaired) electrons. The molecule has 1 aliphatic carbocycles. The highest BCUT2D eigenvalue weighted by Gasteiger charge is 2.49. The maximum absolute atomic E-state index is 12.1. The van der Waals surface area contributed by atoms with E-state index in [2.05, 4.69) is 26.2 Å². The summed E-state index contributed by atoms with van der Waals surface area (Å²) < 4.78 is 0.865. The topological polar surface area (TPSA) is 59.1 Å². The number of ketones is 1. The number of anilines is 1. The smallest absolute Gasteiger partial charge is 0.236 e. The van der Waals surface area contributed by atoms with Crippen molar-refractivity contribution in [1.82, 2.24) is 4.98 Å². The van der Waals surface area contributed by atoms with E-state index in [1.807, 2.05) is 6.07 Å². The first-order valence-electron chi connectivity index (χ1n) is 5.61. The molecule has 1 saturated carbocycles. The number of aromatic nitrogens is 1. The molecule has 0 unspecified atom stereocenters. The third-order valence-electron chi connectivity index (χ3n) is 3.70. The van der Waals surface area contributed by atoms with Crippen LogP contribution >= 0.6 is 15.9 Å². The molecule has 1 fully saturated rings. The number of Topliss-reactive ketones (excluding diaryl/α,β-unsaturated/α-hetero) is 1. The highest BCUT2D eigenvalue weighted by molar-refractivity contribution is 9.10. The van der Waals surface area contributed by atoms with Crippen LogP contribution in [0.2, 0.25) is 0 Å². The summed E-state index contributed by atoms with van der Waals surface area (Å²) >= 11 is 3.38. The molecule has 3 rings (SSSR count). The van der Waals surface area contributed by atoms with Gasteiger partial charge in [0.15, 0.2) is 0 Å². The van der Waals surface area contributed by atoms with Crippen molar-refractivity contribution in [3.8, 4) is 0 Å². The minimum absolute atomic E-state index is 0.00870. The third-order valence-corrected chi connectivity index (χ3v) is 4.13. The number of nitrogens with one attached hydrogen (secondary N) is 1. The van der Waals surface area contributed by atoms with E-state index in [1.165, 1.54) is 0 Å². The lowest BCUT2D eigenvalue weighted by Gasteiger charge is -2.30. The van der Waals surface area contributed by atoms with E-state index < -0.39 is 5.41 Å². The zero-order valence-corrected chi connectivity index (χ0v) is 10.7. The van der Waals surface area contributed by atoms with Crippen LogP contribution in [0.15, 0.2) is 16.7 Å². The molecule has 1 aromatic heterocycles. The molecule has 88 valence electrons. The molecule has 0 atom stereocenters. The van der Waals surface area contributed by atoms with Crippen LogP contribution in [0.25, 0.3) is 0 Å². The van der Waals surface area contributed by atoms with E-state index in [1.54, 1.807) is 6.20 Å². The molecule has 2 aliphatic rings. The molecule has 1 amide bonds. The molecule has 2 heterocycles. The lowest BCUT2D eigenvalue weighted by Crippen LogP contribution is -2.38. The Hall–Kier alpha value is -1.23. The summed E-state index contributed by atoms with van der Waals surface area (Å²) in [5, 5.41) is 2.82. The summed E-state index contributed by atoms with van der Waals surface area (Å²) in [6.07, 6.45) is 3.84. The van der Waals surface area contributed by atoms with Crippen molar-refractivity contribution in [3.63, 3.8) is 0 Å². The number of nitrogens with zero attached hydrogens (tertiary/aromatic N) is 1. The number of amides is 1. The van der Waals surface area contributed by atoms with Crippen LogP contribution in [0.1, 0.15) is 31.2 Å². The fourth-order valence-corrected chi connectivity index (χ4v) is 3.04. The van der Waals surface area contributed by atoms with Crippen molar-refractivity contribution >= 4 is 33.4 Å². The number of pyridine rings is 1. The molecule has 0 aromatic carbocycles. The number of fused-ring (bicyclic) bond motifs is 2. The van der Waals surface area contributed by atoms with E-state index in [4.69, 9.17) is 0 Å². The van der Waals surface area contributed by atoms with Gasteiger partial charge in [-0.1, -0.05) is 0 Å². The quantitative estimate of drug-likeness (QED) is 0.798.